The Morgan fingerprint density at radius 2 is 2.09 bits per heavy atom. The number of hydrogen-bond donors (Lipinski definition) is 0. The molecular weight excluding hydrogens is 200 g/mol. The fraction of sp³-hybridized carbons (Fsp3) is 0. The van der Waals surface area contributed by atoms with Gasteiger partial charge < -0.3 is 4.43 Å². The fourth-order valence-electron chi connectivity index (χ4n) is 0.802. The van der Waals surface area contributed by atoms with Crippen molar-refractivity contribution in [2.75, 3.05) is 0 Å². The molecule has 0 aliphatic carbocycles. The Kier molecular flexibility index (Phi) is 4.51. The average molecular weight is 214 g/mol. The summed E-state index contributed by atoms with van der Waals surface area (Å²) in [6.07, 6.45) is 0. The van der Waals surface area contributed by atoms with E-state index in [0.717, 1.165) is 5.75 Å². The number of rotatable bonds is 4. The van der Waals surface area contributed by atoms with Crippen LogP contribution in [-0.2, 0) is 0 Å². The number of benzene rings is 1. The van der Waals surface area contributed by atoms with E-state index in [1.54, 1.807) is 0 Å². The molecule has 11 heavy (non-hydrogen) atoms. The van der Waals surface area contributed by atoms with Crippen LogP contribution in [0.3, 0.4) is 0 Å². The predicted octanol–water partition coefficient (Wildman–Crippen LogP) is -2.60. The van der Waals surface area contributed by atoms with Crippen LogP contribution in [0.5, 0.6) is 5.75 Å². The molecule has 0 aromatic heterocycles. The van der Waals surface area contributed by atoms with Crippen molar-refractivity contribution in [2.24, 2.45) is 0 Å². The second-order valence-corrected chi connectivity index (χ2v) is 26.6. The Labute approximate surface area is 76.9 Å². The normalized spacial score (nSPS) is 13.1. The topological polar surface area (TPSA) is 9.23 Å². The van der Waals surface area contributed by atoms with E-state index in [1.807, 2.05) is 24.3 Å². The van der Waals surface area contributed by atoms with Crippen LogP contribution < -0.4 is 4.43 Å². The summed E-state index contributed by atoms with van der Waals surface area (Å²) in [5.41, 5.74) is 0. The molecular formula is C6H13OSi4. The molecule has 0 fully saturated rings. The largest absolute Gasteiger partial charge is 0.554 e. The highest BCUT2D eigenvalue weighted by molar-refractivity contribution is 7.40. The van der Waals surface area contributed by atoms with Crippen molar-refractivity contribution in [2.45, 2.75) is 0 Å². The summed E-state index contributed by atoms with van der Waals surface area (Å²) in [5, 5.41) is 0. The van der Waals surface area contributed by atoms with Gasteiger partial charge in [-0.1, -0.05) is 12.1 Å². The Balaban J connectivity index is 2.28. The summed E-state index contributed by atoms with van der Waals surface area (Å²) in [7, 11) is 2.34. The molecule has 0 spiro atoms. The lowest BCUT2D eigenvalue weighted by atomic mass is 10.3. The first-order valence-corrected chi connectivity index (χ1v) is 18.3. The predicted molar refractivity (Wildman–Crippen MR) is 61.5 cm³/mol. The zero-order valence-corrected chi connectivity index (χ0v) is 13.1. The van der Waals surface area contributed by atoms with Crippen molar-refractivity contribution >= 4 is 36.1 Å². The highest BCUT2D eigenvalue weighted by Gasteiger charge is 1.90. The second kappa shape index (κ2) is 5.53. The molecule has 1 nitrogen and oxygen atoms in total. The Bertz CT molecular complexity index is 191. The maximum atomic E-state index is 5.68. The van der Waals surface area contributed by atoms with Gasteiger partial charge in [-0.3, -0.25) is 0 Å². The van der Waals surface area contributed by atoms with Crippen LogP contribution in [-0.4, -0.2) is 36.1 Å². The molecule has 1 aromatic carbocycles. The molecule has 0 aliphatic rings. The quantitative estimate of drug-likeness (QED) is 0.394. The maximum absolute atomic E-state index is 5.68. The Morgan fingerprint density at radius 3 is 2.73 bits per heavy atom. The molecule has 0 saturated carbocycles. The van der Waals surface area contributed by atoms with Crippen LogP contribution in [0.15, 0.2) is 24.3 Å². The first kappa shape index (κ1) is 8.98. The van der Waals surface area contributed by atoms with Crippen molar-refractivity contribution in [1.29, 1.82) is 0 Å². The van der Waals surface area contributed by atoms with E-state index in [4.69, 9.17) is 4.43 Å². The monoisotopic (exact) mass is 213 g/mol. The SMILES string of the molecule is [SiH3][SiH2][SiH2][SiH2]Oc1cc[c]cc1. The molecule has 0 N–H and O–H groups in total. The summed E-state index contributed by atoms with van der Waals surface area (Å²) >= 11 is 0. The van der Waals surface area contributed by atoms with Gasteiger partial charge in [0.25, 0.3) is 0 Å². The van der Waals surface area contributed by atoms with Gasteiger partial charge in [0.2, 0.25) is 0 Å². The highest BCUT2D eigenvalue weighted by Crippen LogP contribution is 2.05. The lowest BCUT2D eigenvalue weighted by Crippen LogP contribution is -2.18. The van der Waals surface area contributed by atoms with E-state index in [9.17, 15) is 0 Å². The van der Waals surface area contributed by atoms with E-state index in [1.165, 1.54) is 9.76 Å². The molecule has 1 rings (SSSR count). The van der Waals surface area contributed by atoms with Gasteiger partial charge in [-0.25, -0.2) is 0 Å². The minimum atomic E-state index is -0.0655. The first-order chi connectivity index (χ1) is 5.43. The van der Waals surface area contributed by atoms with Gasteiger partial charge >= 0.3 is 0 Å². The molecule has 0 aliphatic heterocycles. The molecule has 0 heterocycles. The van der Waals surface area contributed by atoms with Gasteiger partial charge in [0.15, 0.2) is 9.28 Å². The number of hydrogen-bond acceptors (Lipinski definition) is 1. The minimum absolute atomic E-state index is 0.0655. The molecule has 0 saturated heterocycles. The van der Waals surface area contributed by atoms with Crippen molar-refractivity contribution in [3.8, 4) is 5.75 Å². The van der Waals surface area contributed by atoms with E-state index >= 15 is 0 Å². The summed E-state index contributed by atoms with van der Waals surface area (Å²) in [6.45, 7) is 0. The summed E-state index contributed by atoms with van der Waals surface area (Å²) < 4.78 is 5.68. The van der Waals surface area contributed by atoms with Gasteiger partial charge in [0, 0.05) is 8.55 Å². The Morgan fingerprint density at radius 1 is 1.36 bits per heavy atom. The van der Waals surface area contributed by atoms with Crippen molar-refractivity contribution in [3.05, 3.63) is 30.3 Å². The van der Waals surface area contributed by atoms with Gasteiger partial charge in [0.05, 0.1) is 0 Å². The van der Waals surface area contributed by atoms with Crippen LogP contribution in [0.1, 0.15) is 0 Å². The second-order valence-electron chi connectivity index (χ2n) is 2.44. The van der Waals surface area contributed by atoms with Crippen LogP contribution in [0.4, 0.5) is 0 Å². The molecule has 1 aromatic rings. The molecule has 5 heteroatoms. The van der Waals surface area contributed by atoms with Gasteiger partial charge in [0.1, 0.15) is 5.75 Å². The molecule has 0 bridgehead atoms. The standard InChI is InChI=1S/C6H13OSi4/c8-10-11-9-7-6-4-2-1-3-5-6/h2-5H,9-11H2,8H3. The van der Waals surface area contributed by atoms with Crippen molar-refractivity contribution < 1.29 is 4.43 Å². The lowest BCUT2D eigenvalue weighted by molar-refractivity contribution is 0.610. The summed E-state index contributed by atoms with van der Waals surface area (Å²) in [6, 6.07) is 10.8. The third-order valence-electron chi connectivity index (χ3n) is 1.45. The van der Waals surface area contributed by atoms with E-state index in [0.29, 0.717) is 17.1 Å². The lowest BCUT2D eigenvalue weighted by Gasteiger charge is -2.02. The first-order valence-electron chi connectivity index (χ1n) is 4.02. The maximum Gasteiger partial charge on any atom is 0.195 e. The Hall–Kier alpha value is -0.112. The molecule has 0 unspecified atom stereocenters. The van der Waals surface area contributed by atoms with E-state index < -0.39 is 0 Å². The molecule has 59 valence electrons. The molecule has 0 atom stereocenters. The van der Waals surface area contributed by atoms with E-state index in [2.05, 4.69) is 6.07 Å². The molecule has 0 amide bonds. The average Bonchev–Trinajstić information content (AvgIpc) is 2.07. The van der Waals surface area contributed by atoms with Crippen LogP contribution in [0.2, 0.25) is 0 Å². The zero-order valence-electron chi connectivity index (χ0n) is 6.84. The summed E-state index contributed by atoms with van der Waals surface area (Å²) in [5.74, 6) is 1.08. The van der Waals surface area contributed by atoms with Crippen molar-refractivity contribution in [1.82, 2.24) is 0 Å². The van der Waals surface area contributed by atoms with E-state index in [-0.39, 0.29) is 9.28 Å². The fourth-order valence-corrected chi connectivity index (χ4v) is 15.4. The third-order valence-corrected chi connectivity index (χ3v) is 34.6. The third kappa shape index (κ3) is 3.70. The van der Waals surface area contributed by atoms with Gasteiger partial charge in [-0.2, -0.15) is 0 Å². The molecule has 1 radical (unpaired) electrons. The summed E-state index contributed by atoms with van der Waals surface area (Å²) in [4.78, 5) is 0. The van der Waals surface area contributed by atoms with Gasteiger partial charge in [-0.05, 0) is 36.5 Å². The van der Waals surface area contributed by atoms with Crippen molar-refractivity contribution in [3.63, 3.8) is 0 Å². The smallest absolute Gasteiger partial charge is 0.195 e. The van der Waals surface area contributed by atoms with Gasteiger partial charge in [-0.15, -0.1) is 0 Å². The van der Waals surface area contributed by atoms with Crippen LogP contribution in [0.25, 0.3) is 0 Å². The minimum Gasteiger partial charge on any atom is -0.554 e. The zero-order chi connectivity index (χ0) is 7.94. The highest BCUT2D eigenvalue weighted by atomic mass is 29.7. The van der Waals surface area contributed by atoms with Crippen LogP contribution in [0, 0.1) is 6.07 Å². The van der Waals surface area contributed by atoms with Crippen LogP contribution >= 0.6 is 0 Å².